The zero-order chi connectivity index (χ0) is 66.1. The van der Waals surface area contributed by atoms with Gasteiger partial charge >= 0.3 is 11.9 Å². The van der Waals surface area contributed by atoms with E-state index < -0.39 is 41.1 Å². The molecule has 6 heterocycles. The molecule has 93 heavy (non-hydrogen) atoms. The Bertz CT molecular complexity index is 3180. The number of halogens is 4. The Morgan fingerprint density at radius 2 is 0.957 bits per heavy atom. The number of ether oxygens (including phenoxy) is 5. The quantitative estimate of drug-likeness (QED) is 0.0289. The van der Waals surface area contributed by atoms with E-state index in [9.17, 15) is 33.0 Å². The van der Waals surface area contributed by atoms with Gasteiger partial charge in [0.2, 0.25) is 0 Å². The summed E-state index contributed by atoms with van der Waals surface area (Å²) in [7, 11) is 0. The molecule has 3 aromatic heterocycles. The van der Waals surface area contributed by atoms with Gasteiger partial charge in [-0.1, -0.05) is 0 Å². The molecule has 0 amide bonds. The van der Waals surface area contributed by atoms with Crippen LogP contribution in [0.25, 0.3) is 0 Å². The molecule has 0 unspecified atom stereocenters. The number of aliphatic hydroxyl groups is 4. The normalized spacial score (nSPS) is 14.3. The van der Waals surface area contributed by atoms with Gasteiger partial charge in [0.05, 0.1) is 35.4 Å². The Labute approximate surface area is 569 Å². The number of nitrogens with two attached hydrogens (primary N) is 1. The van der Waals surface area contributed by atoms with Crippen molar-refractivity contribution in [2.45, 2.75) is 183 Å². The van der Waals surface area contributed by atoms with Crippen LogP contribution in [0.5, 0.6) is 17.2 Å². The number of oxazole rings is 3. The summed E-state index contributed by atoms with van der Waals surface area (Å²) in [6.07, 6.45) is 5.72. The summed E-state index contributed by atoms with van der Waals surface area (Å²) in [4.78, 5) is 39.0. The summed E-state index contributed by atoms with van der Waals surface area (Å²) in [5.74, 6) is 0.869. The molecule has 0 aliphatic carbocycles. The number of hydrogen-bond acceptors (Lipinski definition) is 21. The third-order valence-electron chi connectivity index (χ3n) is 14.0. The Hall–Kier alpha value is -5.56. The van der Waals surface area contributed by atoms with Gasteiger partial charge in [0.15, 0.2) is 71.2 Å². The van der Waals surface area contributed by atoms with Crippen molar-refractivity contribution in [3.05, 3.63) is 141 Å². The summed E-state index contributed by atoms with van der Waals surface area (Å²) in [5, 5.41) is 39.8. The van der Waals surface area contributed by atoms with Crippen LogP contribution in [0.15, 0.2) is 68.8 Å². The van der Waals surface area contributed by atoms with Gasteiger partial charge in [-0.05, 0) is 178 Å². The lowest BCUT2D eigenvalue weighted by atomic mass is 9.98. The van der Waals surface area contributed by atoms with Gasteiger partial charge in [-0.15, -0.1) is 11.6 Å². The number of rotatable bonds is 21. The monoisotopic (exact) mass is 1390 g/mol. The molecule has 0 saturated heterocycles. The molecule has 0 fully saturated rings. The molecule has 6 aromatic rings. The highest BCUT2D eigenvalue weighted by Gasteiger charge is 2.25. The summed E-state index contributed by atoms with van der Waals surface area (Å²) in [6.45, 7) is 24.2. The van der Waals surface area contributed by atoms with E-state index in [4.69, 9.17) is 64.5 Å². The van der Waals surface area contributed by atoms with Crippen molar-refractivity contribution >= 4 is 64.0 Å². The van der Waals surface area contributed by atoms with E-state index in [0.717, 1.165) is 89.4 Å². The molecule has 9 rings (SSSR count). The van der Waals surface area contributed by atoms with Crippen LogP contribution in [0.3, 0.4) is 0 Å². The van der Waals surface area contributed by atoms with Gasteiger partial charge in [-0.3, -0.25) is 19.4 Å². The van der Waals surface area contributed by atoms with Gasteiger partial charge in [-0.2, -0.15) is 40.5 Å². The second-order valence-electron chi connectivity index (χ2n) is 23.9. The average Bonchev–Trinajstić information content (AvgIpc) is 3.12. The zero-order valence-electron chi connectivity index (χ0n) is 55.0. The fourth-order valence-corrected chi connectivity index (χ4v) is 9.53. The minimum atomic E-state index is -0.647. The number of hydrogen-bond donors (Lipinski definition) is 6. The summed E-state index contributed by atoms with van der Waals surface area (Å²) in [6, 6.07) is 9.84. The number of alkyl halides is 1. The van der Waals surface area contributed by atoms with Gasteiger partial charge in [0.25, 0.3) is 0 Å². The number of nitrogens with zero attached hydrogens (tertiary/aromatic N) is 5. The molecule has 3 atom stereocenters. The first-order valence-corrected chi connectivity index (χ1v) is 30.7. The van der Waals surface area contributed by atoms with E-state index in [1.54, 1.807) is 31.2 Å². The van der Waals surface area contributed by atoms with Crippen LogP contribution >= 0.6 is 52.1 Å². The standard InChI is InChI=1S/C23H31FN2O5.C17H22FN3O3.C14H15FN2O2.C9H17ClO3.C2H6O.3H2S/c1-15-21(30-14-25-15)13-29-20-10-16-7-8-26(11-17(16)9-19(20)24)12-18(27)5-6-22(28)31-23(2,3)4;1-11-17(24-10-20-11)9-23-16-5-12-2-3-21(8-14(22)6-19)7-13(12)4-15(16)18;1-9-14(19-8-17-9)7-18-13-5-10-2-3-16-6-11(10)4-12(13)15;1-9(2,3)13-8(12)5-4-7(11)6-10;1-2-3;;;/h9-10,14,18,27H,5-8,11-13H2,1-4H3;4-5,10,14,22H,2-3,6-9,19H2,1H3;4-5,8,16H,2-3,6-7H2,1H3;7,11H,4-6H2,1-3H3;3H,2H2,1H3;3*1H2/t18-;14-;;7-;;;;/m00.0..../s1. The molecule has 522 valence electrons. The Morgan fingerprint density at radius 1 is 0.602 bits per heavy atom. The Kier molecular flexibility index (Phi) is 37.2. The first-order chi connectivity index (χ1) is 42.7. The lowest BCUT2D eigenvalue weighted by Crippen LogP contribution is -2.39. The van der Waals surface area contributed by atoms with Crippen molar-refractivity contribution in [1.29, 1.82) is 0 Å². The number of esters is 2. The molecule has 21 nitrogen and oxygen atoms in total. The fraction of sp³-hybridized carbons (Fsp3) is 0.554. The highest BCUT2D eigenvalue weighted by Crippen LogP contribution is 2.31. The second-order valence-corrected chi connectivity index (χ2v) is 24.2. The molecule has 7 N–H and O–H groups in total. The largest absolute Gasteiger partial charge is 0.482 e. The first-order valence-electron chi connectivity index (χ1n) is 30.2. The number of benzene rings is 3. The fourth-order valence-electron chi connectivity index (χ4n) is 9.37. The molecule has 28 heteroatoms. The summed E-state index contributed by atoms with van der Waals surface area (Å²) in [5.41, 5.74) is 12.7. The maximum Gasteiger partial charge on any atom is 0.306 e. The maximum atomic E-state index is 14.6. The average molecular weight is 1390 g/mol. The molecule has 3 aliphatic rings. The predicted octanol–water partition coefficient (Wildman–Crippen LogP) is 9.31. The lowest BCUT2D eigenvalue weighted by molar-refractivity contribution is -0.156. The third-order valence-corrected chi connectivity index (χ3v) is 14.4. The maximum absolute atomic E-state index is 14.6. The number of aryl methyl sites for hydroxylation is 3. The molecule has 3 aliphatic heterocycles. The molecular weight excluding hydrogens is 1290 g/mol. The van der Waals surface area contributed by atoms with Gasteiger partial charge in [0.1, 0.15) is 31.0 Å². The zero-order valence-corrected chi connectivity index (χ0v) is 58.7. The highest BCUT2D eigenvalue weighted by molar-refractivity contribution is 7.59. The van der Waals surface area contributed by atoms with Crippen LogP contribution in [-0.2, 0) is 77.8 Å². The number of β-amino-alcohol motifs (C(OH)–C–C–N with tert-alkyl or cyclic N) is 2. The van der Waals surface area contributed by atoms with Crippen molar-refractivity contribution < 1.29 is 80.1 Å². The third kappa shape index (κ3) is 29.5. The molecule has 0 radical (unpaired) electrons. The van der Waals surface area contributed by atoms with Gasteiger partial charge in [0, 0.05) is 77.7 Å². The van der Waals surface area contributed by atoms with E-state index in [0.29, 0.717) is 62.8 Å². The molecule has 0 saturated carbocycles. The van der Waals surface area contributed by atoms with Crippen LogP contribution in [0.2, 0.25) is 0 Å². The minimum Gasteiger partial charge on any atom is -0.482 e. The van der Waals surface area contributed by atoms with Crippen LogP contribution in [0, 0.1) is 38.2 Å². The van der Waals surface area contributed by atoms with Crippen LogP contribution in [-0.4, -0.2) is 138 Å². The number of aromatic nitrogens is 3. The van der Waals surface area contributed by atoms with Gasteiger partial charge in [-0.25, -0.2) is 28.1 Å². The number of carbonyl (C=O) groups is 2. The van der Waals surface area contributed by atoms with Crippen molar-refractivity contribution in [3.63, 3.8) is 0 Å². The molecule has 0 spiro atoms. The molecule has 3 aromatic carbocycles. The molecule has 0 bridgehead atoms. The van der Waals surface area contributed by atoms with E-state index >= 15 is 0 Å². The second kappa shape index (κ2) is 41.4. The van der Waals surface area contributed by atoms with E-state index in [1.807, 2.05) is 62.3 Å². The Balaban J connectivity index is 0.000000428. The predicted molar refractivity (Wildman–Crippen MR) is 361 cm³/mol. The van der Waals surface area contributed by atoms with Crippen LogP contribution in [0.1, 0.15) is 142 Å². The topological polar surface area (TPSA) is 284 Å². The Morgan fingerprint density at radius 3 is 1.30 bits per heavy atom. The smallest absolute Gasteiger partial charge is 0.306 e. The van der Waals surface area contributed by atoms with E-state index in [2.05, 4.69) is 30.1 Å². The SMILES string of the molecule is CC(C)(C)OC(=O)CC[C@H](O)CCl.CCO.Cc1ncoc1COc1cc2c(cc1F)CN(C[C@@H](O)CCC(=O)OC(C)(C)C)CC2.Cc1ncoc1COc1cc2c(cc1F)CN(C[C@@H](O)CN)CC2.Cc1ncoc1COc1cc2c(cc1F)CNCC2.S.S.S. The van der Waals surface area contributed by atoms with Crippen molar-refractivity contribution in [2.24, 2.45) is 5.73 Å². The minimum absolute atomic E-state index is 0. The van der Waals surface area contributed by atoms with Crippen molar-refractivity contribution in [2.75, 3.05) is 51.8 Å². The number of carbonyl (C=O) groups excluding carboxylic acids is 2. The summed E-state index contributed by atoms with van der Waals surface area (Å²) >= 11 is 5.37. The summed E-state index contributed by atoms with van der Waals surface area (Å²) < 4.78 is 85.3. The van der Waals surface area contributed by atoms with Crippen molar-refractivity contribution in [1.82, 2.24) is 30.1 Å². The van der Waals surface area contributed by atoms with Crippen molar-refractivity contribution in [3.8, 4) is 17.2 Å². The van der Waals surface area contributed by atoms with E-state index in [1.165, 1.54) is 31.3 Å². The van der Waals surface area contributed by atoms with Crippen LogP contribution < -0.4 is 25.3 Å². The van der Waals surface area contributed by atoms with Gasteiger partial charge < -0.3 is 68.4 Å². The highest BCUT2D eigenvalue weighted by atomic mass is 35.5. The number of fused-ring (bicyclic) bond motifs is 3. The number of aliphatic hydroxyl groups excluding tert-OH is 4. The lowest BCUT2D eigenvalue weighted by Gasteiger charge is -2.30. The van der Waals surface area contributed by atoms with Crippen LogP contribution in [0.4, 0.5) is 13.2 Å². The first kappa shape index (κ1) is 83.5. The number of nitrogens with one attached hydrogen (secondary N) is 1. The van der Waals surface area contributed by atoms with E-state index in [-0.39, 0.29) is 127 Å². The molecular formula is C65H97ClF3N7O14S3.